The summed E-state index contributed by atoms with van der Waals surface area (Å²) in [7, 11) is 0. The highest BCUT2D eigenvalue weighted by Gasteiger charge is 2.29. The first-order chi connectivity index (χ1) is 32.8. The van der Waals surface area contributed by atoms with Crippen LogP contribution in [0.15, 0.2) is 102 Å². The van der Waals surface area contributed by atoms with Crippen molar-refractivity contribution in [3.63, 3.8) is 0 Å². The van der Waals surface area contributed by atoms with E-state index in [9.17, 15) is 44.7 Å². The van der Waals surface area contributed by atoms with E-state index in [1.807, 2.05) is 48.7 Å². The number of rotatable bonds is 17. The molecule has 0 atom stereocenters. The van der Waals surface area contributed by atoms with Crippen LogP contribution < -0.4 is 15.4 Å². The van der Waals surface area contributed by atoms with Crippen molar-refractivity contribution in [2.24, 2.45) is 11.8 Å². The van der Waals surface area contributed by atoms with Gasteiger partial charge in [-0.2, -0.15) is 26.3 Å². The van der Waals surface area contributed by atoms with Gasteiger partial charge in [-0.1, -0.05) is 28.1 Å². The minimum atomic E-state index is -4.34. The topological polar surface area (TPSA) is 103 Å². The van der Waals surface area contributed by atoms with E-state index in [1.165, 1.54) is 30.3 Å². The summed E-state index contributed by atoms with van der Waals surface area (Å²) in [6.45, 7) is 3.17. The lowest BCUT2D eigenvalue weighted by Crippen LogP contribution is -2.14. The van der Waals surface area contributed by atoms with Crippen molar-refractivity contribution in [3.8, 4) is 22.9 Å². The second-order valence-corrected chi connectivity index (χ2v) is 18.5. The molecule has 2 aromatic heterocycles. The lowest BCUT2D eigenvalue weighted by Gasteiger charge is -2.14. The van der Waals surface area contributed by atoms with E-state index < -0.39 is 31.6 Å². The van der Waals surface area contributed by atoms with E-state index in [0.29, 0.717) is 63.9 Å². The number of hydrogen-bond acceptors (Lipinski definition) is 7. The number of halogens is 9. The summed E-state index contributed by atoms with van der Waals surface area (Å²) in [4.78, 5) is 34.0. The lowest BCUT2D eigenvalue weighted by atomic mass is 10.0. The number of aryl methyl sites for hydroxylation is 2. The first-order valence-electron chi connectivity index (χ1n) is 22.4. The average molecular weight is 1020 g/mol. The summed E-state index contributed by atoms with van der Waals surface area (Å²) in [5, 5.41) is 5.62. The van der Waals surface area contributed by atoms with Gasteiger partial charge in [-0.3, -0.25) is 18.7 Å². The van der Waals surface area contributed by atoms with Gasteiger partial charge in [-0.15, -0.1) is 0 Å². The molecule has 2 aliphatic rings. The molecule has 0 aliphatic heterocycles. The number of ether oxygens (including phenoxy) is 1. The third-order valence-electron chi connectivity index (χ3n) is 12.0. The van der Waals surface area contributed by atoms with Crippen molar-refractivity contribution in [2.45, 2.75) is 84.0 Å². The van der Waals surface area contributed by atoms with Gasteiger partial charge in [0.25, 0.3) is 6.43 Å². The molecule has 2 N–H and O–H groups in total. The summed E-state index contributed by atoms with van der Waals surface area (Å²) in [6, 6.07) is 23.3. The highest BCUT2D eigenvalue weighted by atomic mass is 79.9. The Bertz CT molecular complexity index is 3010. The van der Waals surface area contributed by atoms with Crippen LogP contribution in [0.3, 0.4) is 0 Å². The molecule has 0 amide bonds. The monoisotopic (exact) mass is 1020 g/mol. The fraction of sp³-hybridized carbons (Fsp3) is 0.333. The molecule has 5 aromatic carbocycles. The fourth-order valence-corrected chi connectivity index (χ4v) is 8.49. The largest absolute Gasteiger partial charge is 0.457 e. The molecule has 0 bridgehead atoms. The molecule has 2 heterocycles. The third kappa shape index (κ3) is 12.7. The Hall–Kier alpha value is -6.30. The van der Waals surface area contributed by atoms with Crippen molar-refractivity contribution in [3.05, 3.63) is 130 Å². The van der Waals surface area contributed by atoms with Crippen LogP contribution in [0.5, 0.6) is 11.5 Å². The Labute approximate surface area is 400 Å². The Balaban J connectivity index is 0.000000192. The molecule has 2 fully saturated rings. The van der Waals surface area contributed by atoms with Gasteiger partial charge in [0.1, 0.15) is 35.2 Å². The van der Waals surface area contributed by atoms with Gasteiger partial charge in [0.05, 0.1) is 35.2 Å². The van der Waals surface area contributed by atoms with Gasteiger partial charge >= 0.3 is 12.4 Å². The van der Waals surface area contributed by atoms with Gasteiger partial charge in [0.15, 0.2) is 11.6 Å². The molecule has 18 heteroatoms. The molecular formula is C51H47BrF8N6O3. The van der Waals surface area contributed by atoms with E-state index in [0.717, 1.165) is 58.1 Å². The maximum absolute atomic E-state index is 13.2. The molecule has 2 aliphatic carbocycles. The Morgan fingerprint density at radius 1 is 0.667 bits per heavy atom. The van der Waals surface area contributed by atoms with Crippen molar-refractivity contribution in [1.29, 1.82) is 0 Å². The molecule has 2 saturated carbocycles. The number of nitrogens with one attached hydrogen (secondary N) is 2. The van der Waals surface area contributed by atoms with Crippen molar-refractivity contribution < 1.29 is 49.4 Å². The first kappa shape index (κ1) is 49.1. The summed E-state index contributed by atoms with van der Waals surface area (Å²) >= 11 is 3.43. The second kappa shape index (κ2) is 20.3. The molecule has 0 unspecified atom stereocenters. The zero-order chi connectivity index (χ0) is 49.2. The van der Waals surface area contributed by atoms with Gasteiger partial charge < -0.3 is 15.4 Å². The molecule has 7 aromatic rings. The highest BCUT2D eigenvalue weighted by molar-refractivity contribution is 9.10. The van der Waals surface area contributed by atoms with Crippen LogP contribution in [0, 0.1) is 25.7 Å². The summed E-state index contributed by atoms with van der Waals surface area (Å²) < 4.78 is 112. The predicted octanol–water partition coefficient (Wildman–Crippen LogP) is 14.9. The first-order valence-corrected chi connectivity index (χ1v) is 23.2. The quantitative estimate of drug-likeness (QED) is 0.0692. The summed E-state index contributed by atoms with van der Waals surface area (Å²) in [6.07, 6.45) is -4.44. The third-order valence-corrected chi connectivity index (χ3v) is 12.4. The van der Waals surface area contributed by atoms with E-state index in [4.69, 9.17) is 4.74 Å². The maximum Gasteiger partial charge on any atom is 0.390 e. The number of nitrogens with zero attached hydrogens (tertiary/aromatic N) is 4. The maximum atomic E-state index is 13.2. The zero-order valence-electron chi connectivity index (χ0n) is 37.5. The molecule has 0 spiro atoms. The van der Waals surface area contributed by atoms with Crippen LogP contribution in [-0.2, 0) is 0 Å². The number of alkyl halides is 8. The zero-order valence-corrected chi connectivity index (χ0v) is 39.0. The fourth-order valence-electron chi connectivity index (χ4n) is 8.05. The number of benzene rings is 5. The molecule has 9 nitrogen and oxygen atoms in total. The van der Waals surface area contributed by atoms with E-state index in [-0.39, 0.29) is 41.7 Å². The SMILES string of the molecule is Cc1cc(-n2cnc3c(NCCC(F)(F)F)cc(Br)cc32)ccc1C(=O)CC1CC1.Cc1cc(-n2cnc3c(NCCC(F)(F)F)cc(Oc4cccc(C(F)F)c4)cc32)ccc1C(=O)CC1CC1. The Morgan fingerprint density at radius 2 is 1.16 bits per heavy atom. The van der Waals surface area contributed by atoms with Gasteiger partial charge in [-0.25, -0.2) is 18.7 Å². The van der Waals surface area contributed by atoms with Crippen LogP contribution in [-0.4, -0.2) is 56.1 Å². The number of carbonyl (C=O) groups is 2. The second-order valence-electron chi connectivity index (χ2n) is 17.6. The Kier molecular flexibility index (Phi) is 14.5. The van der Waals surface area contributed by atoms with E-state index in [1.54, 1.807) is 41.5 Å². The number of anilines is 2. The highest BCUT2D eigenvalue weighted by Crippen LogP contribution is 2.38. The Morgan fingerprint density at radius 3 is 1.62 bits per heavy atom. The standard InChI is InChI=1S/C29H26F5N3O2.C22H21BrF3N3O/c1-17-11-20(7-8-23(17)26(38)12-18-5-6-18)37-16-36-27-24(35-10-9-29(32,33)34)14-22(15-25(27)37)39-21-4-2-3-19(13-21)28(30)31;1-13-8-16(4-5-17(13)20(30)9-14-2-3-14)29-12-28-21-18(10-15(23)11-19(21)29)27-7-6-22(24,25)26/h2-4,7-8,11,13-16,18,28,35H,5-6,9-10,12H2,1H3;4-5,8,10-12,14,27H,2-3,6-7,9H2,1H3. The van der Waals surface area contributed by atoms with Gasteiger partial charge in [0, 0.05) is 70.6 Å². The molecule has 0 saturated heterocycles. The average Bonchev–Trinajstić information content (AvgIpc) is 4.19. The van der Waals surface area contributed by atoms with E-state index >= 15 is 0 Å². The van der Waals surface area contributed by atoms with Crippen LogP contribution in [0.4, 0.5) is 46.5 Å². The molecular weight excluding hydrogens is 976 g/mol. The van der Waals surface area contributed by atoms with Gasteiger partial charge in [0.2, 0.25) is 0 Å². The predicted molar refractivity (Wildman–Crippen MR) is 252 cm³/mol. The molecule has 0 radical (unpaired) electrons. The smallest absolute Gasteiger partial charge is 0.390 e. The normalized spacial score (nSPS) is 14.0. The lowest BCUT2D eigenvalue weighted by molar-refractivity contribution is -0.132. The van der Waals surface area contributed by atoms with Crippen LogP contribution in [0.2, 0.25) is 0 Å². The van der Waals surface area contributed by atoms with Crippen LogP contribution in [0.1, 0.15) is 95.2 Å². The van der Waals surface area contributed by atoms with Crippen molar-refractivity contribution in [1.82, 2.24) is 19.1 Å². The number of carbonyl (C=O) groups excluding carboxylic acids is 2. The minimum Gasteiger partial charge on any atom is -0.457 e. The van der Waals surface area contributed by atoms with Gasteiger partial charge in [-0.05, 0) is 123 Å². The van der Waals surface area contributed by atoms with Crippen LogP contribution in [0.25, 0.3) is 33.4 Å². The minimum absolute atomic E-state index is 0.106. The van der Waals surface area contributed by atoms with Crippen LogP contribution >= 0.6 is 15.9 Å². The molecule has 69 heavy (non-hydrogen) atoms. The van der Waals surface area contributed by atoms with Crippen molar-refractivity contribution >= 4 is 60.9 Å². The number of ketones is 2. The summed E-state index contributed by atoms with van der Waals surface area (Å²) in [5.41, 5.74) is 7.58. The molecule has 362 valence electrons. The number of Topliss-reactive ketones (excluding diaryl/α,β-unsaturated/α-hetero) is 2. The van der Waals surface area contributed by atoms with E-state index in [2.05, 4.69) is 36.5 Å². The number of imidazole rings is 2. The number of fused-ring (bicyclic) bond motifs is 2. The number of hydrogen-bond donors (Lipinski definition) is 2. The molecule has 9 rings (SSSR count). The summed E-state index contributed by atoms with van der Waals surface area (Å²) in [5.74, 6) is 1.69. The van der Waals surface area contributed by atoms with Crippen molar-refractivity contribution in [2.75, 3.05) is 23.7 Å². The number of aromatic nitrogens is 4.